The van der Waals surface area contributed by atoms with Crippen LogP contribution in [0.1, 0.15) is 53.2 Å². The van der Waals surface area contributed by atoms with Crippen molar-refractivity contribution in [3.8, 4) is 22.6 Å². The van der Waals surface area contributed by atoms with Crippen LogP contribution in [0, 0.1) is 13.8 Å². The molecule has 5 rings (SSSR count). The Labute approximate surface area is 167 Å². The molecule has 2 heterocycles. The molecule has 28 heavy (non-hydrogen) atoms. The first-order valence-corrected chi connectivity index (χ1v) is 10.2. The molecule has 2 aliphatic rings. The number of fused-ring (bicyclic) bond motifs is 2. The smallest absolute Gasteiger partial charge is 0.127 e. The second kappa shape index (κ2) is 6.70. The molecule has 1 unspecified atom stereocenters. The molecule has 0 bridgehead atoms. The summed E-state index contributed by atoms with van der Waals surface area (Å²) in [4.78, 5) is 0. The van der Waals surface area contributed by atoms with Gasteiger partial charge >= 0.3 is 0 Å². The predicted molar refractivity (Wildman–Crippen MR) is 113 cm³/mol. The highest BCUT2D eigenvalue weighted by molar-refractivity contribution is 5.71. The van der Waals surface area contributed by atoms with E-state index in [-0.39, 0.29) is 6.10 Å². The van der Waals surface area contributed by atoms with Crippen molar-refractivity contribution in [3.05, 3.63) is 82.4 Å². The van der Waals surface area contributed by atoms with Gasteiger partial charge in [0, 0.05) is 17.5 Å². The van der Waals surface area contributed by atoms with Gasteiger partial charge in [0.2, 0.25) is 0 Å². The summed E-state index contributed by atoms with van der Waals surface area (Å²) in [5, 5.41) is 0. The van der Waals surface area contributed by atoms with Gasteiger partial charge in [-0.1, -0.05) is 43.3 Å². The second-order valence-corrected chi connectivity index (χ2v) is 8.25. The van der Waals surface area contributed by atoms with E-state index in [2.05, 4.69) is 75.4 Å². The maximum atomic E-state index is 6.45. The summed E-state index contributed by atoms with van der Waals surface area (Å²) in [5.41, 5.74) is 9.13. The van der Waals surface area contributed by atoms with E-state index < -0.39 is 0 Å². The first-order valence-electron chi connectivity index (χ1n) is 10.2. The predicted octanol–water partition coefficient (Wildman–Crippen LogP) is 6.53. The van der Waals surface area contributed by atoms with Crippen LogP contribution in [0.25, 0.3) is 11.1 Å². The van der Waals surface area contributed by atoms with Crippen LogP contribution < -0.4 is 9.47 Å². The first-order chi connectivity index (χ1) is 13.6. The lowest BCUT2D eigenvalue weighted by Gasteiger charge is -2.27. The summed E-state index contributed by atoms with van der Waals surface area (Å²) < 4.78 is 12.3. The molecule has 142 valence electrons. The van der Waals surface area contributed by atoms with E-state index in [9.17, 15) is 0 Å². The van der Waals surface area contributed by atoms with Crippen LogP contribution >= 0.6 is 0 Å². The number of ether oxygens (including phenoxy) is 2. The molecule has 0 spiro atoms. The van der Waals surface area contributed by atoms with Gasteiger partial charge in [-0.3, -0.25) is 0 Å². The standard InChI is InChI=1S/C26H26O2/c1-16-6-4-7-17(2)26(16)21-9-5-8-19(12-21)23-11-10-20-13-22-18(3)15-27-25(22)14-24(20)28-23/h4-9,12-14,18,23H,10-11,15H2,1-3H3/t18-,23?/m1/s1. The van der Waals surface area contributed by atoms with Gasteiger partial charge in [-0.15, -0.1) is 0 Å². The Morgan fingerprint density at radius 3 is 2.50 bits per heavy atom. The van der Waals surface area contributed by atoms with Gasteiger partial charge in [-0.05, 0) is 72.2 Å². The molecule has 2 nitrogen and oxygen atoms in total. The Morgan fingerprint density at radius 2 is 1.68 bits per heavy atom. The average Bonchev–Trinajstić information content (AvgIpc) is 3.06. The fourth-order valence-corrected chi connectivity index (χ4v) is 4.64. The molecular weight excluding hydrogens is 344 g/mol. The Hall–Kier alpha value is -2.74. The minimum absolute atomic E-state index is 0.0913. The summed E-state index contributed by atoms with van der Waals surface area (Å²) in [6.45, 7) is 7.37. The lowest BCUT2D eigenvalue weighted by atomic mass is 9.91. The van der Waals surface area contributed by atoms with Crippen molar-refractivity contribution < 1.29 is 9.47 Å². The maximum absolute atomic E-state index is 6.45. The molecule has 0 fully saturated rings. The number of benzene rings is 3. The van der Waals surface area contributed by atoms with Crippen LogP contribution in [0.4, 0.5) is 0 Å². The summed E-state index contributed by atoms with van der Waals surface area (Å²) >= 11 is 0. The normalized spacial score (nSPS) is 20.1. The Bertz CT molecular complexity index is 1030. The molecule has 0 aliphatic carbocycles. The number of aryl methyl sites for hydroxylation is 3. The molecule has 3 aromatic carbocycles. The molecule has 0 saturated heterocycles. The van der Waals surface area contributed by atoms with E-state index in [1.165, 1.54) is 38.9 Å². The monoisotopic (exact) mass is 370 g/mol. The van der Waals surface area contributed by atoms with E-state index in [1.54, 1.807) is 0 Å². The van der Waals surface area contributed by atoms with Crippen molar-refractivity contribution in [2.45, 2.75) is 45.6 Å². The van der Waals surface area contributed by atoms with Gasteiger partial charge in [-0.2, -0.15) is 0 Å². The van der Waals surface area contributed by atoms with Gasteiger partial charge < -0.3 is 9.47 Å². The Morgan fingerprint density at radius 1 is 0.893 bits per heavy atom. The van der Waals surface area contributed by atoms with Crippen LogP contribution in [-0.4, -0.2) is 6.61 Å². The lowest BCUT2D eigenvalue weighted by molar-refractivity contribution is 0.176. The van der Waals surface area contributed by atoms with Crippen LogP contribution in [0.3, 0.4) is 0 Å². The molecule has 2 atom stereocenters. The minimum Gasteiger partial charge on any atom is -0.493 e. The van der Waals surface area contributed by atoms with Crippen molar-refractivity contribution in [3.63, 3.8) is 0 Å². The SMILES string of the molecule is Cc1cccc(C)c1-c1cccc(C2CCc3cc4c(cc3O2)OC[C@H]4C)c1. The van der Waals surface area contributed by atoms with Gasteiger partial charge in [-0.25, -0.2) is 0 Å². The van der Waals surface area contributed by atoms with Gasteiger partial charge in [0.25, 0.3) is 0 Å². The highest BCUT2D eigenvalue weighted by Gasteiger charge is 2.27. The topological polar surface area (TPSA) is 18.5 Å². The Balaban J connectivity index is 1.47. The molecule has 0 aromatic heterocycles. The fourth-order valence-electron chi connectivity index (χ4n) is 4.64. The number of hydrogen-bond acceptors (Lipinski definition) is 2. The highest BCUT2D eigenvalue weighted by Crippen LogP contribution is 2.43. The summed E-state index contributed by atoms with van der Waals surface area (Å²) in [5.74, 6) is 2.46. The first kappa shape index (κ1) is 17.4. The Kier molecular flexibility index (Phi) is 4.16. The highest BCUT2D eigenvalue weighted by atomic mass is 16.5. The van der Waals surface area contributed by atoms with Crippen molar-refractivity contribution in [1.29, 1.82) is 0 Å². The van der Waals surface area contributed by atoms with E-state index in [0.29, 0.717) is 5.92 Å². The summed E-state index contributed by atoms with van der Waals surface area (Å²) in [7, 11) is 0. The van der Waals surface area contributed by atoms with E-state index >= 15 is 0 Å². The third-order valence-electron chi connectivity index (χ3n) is 6.19. The summed E-state index contributed by atoms with van der Waals surface area (Å²) in [6, 6.07) is 19.8. The lowest BCUT2D eigenvalue weighted by Crippen LogP contribution is -2.15. The zero-order valence-corrected chi connectivity index (χ0v) is 16.8. The number of hydrogen-bond donors (Lipinski definition) is 0. The van der Waals surface area contributed by atoms with Gasteiger partial charge in [0.1, 0.15) is 17.6 Å². The van der Waals surface area contributed by atoms with E-state index in [1.807, 2.05) is 0 Å². The third kappa shape index (κ3) is 2.88. The van der Waals surface area contributed by atoms with Crippen LogP contribution in [-0.2, 0) is 6.42 Å². The second-order valence-electron chi connectivity index (χ2n) is 8.25. The van der Waals surface area contributed by atoms with Crippen LogP contribution in [0.15, 0.2) is 54.6 Å². The average molecular weight is 370 g/mol. The van der Waals surface area contributed by atoms with Gasteiger partial charge in [0.05, 0.1) is 6.61 Å². The molecular formula is C26H26O2. The van der Waals surface area contributed by atoms with Crippen LogP contribution in [0.5, 0.6) is 11.5 Å². The van der Waals surface area contributed by atoms with E-state index in [0.717, 1.165) is 30.9 Å². The third-order valence-corrected chi connectivity index (χ3v) is 6.19. The molecule has 0 radical (unpaired) electrons. The van der Waals surface area contributed by atoms with E-state index in [4.69, 9.17) is 9.47 Å². The molecule has 0 amide bonds. The van der Waals surface area contributed by atoms with Gasteiger partial charge in [0.15, 0.2) is 0 Å². The van der Waals surface area contributed by atoms with Crippen molar-refractivity contribution >= 4 is 0 Å². The van der Waals surface area contributed by atoms with Crippen molar-refractivity contribution in [2.24, 2.45) is 0 Å². The molecule has 2 heteroatoms. The fraction of sp³-hybridized carbons (Fsp3) is 0.308. The van der Waals surface area contributed by atoms with Crippen LogP contribution in [0.2, 0.25) is 0 Å². The quantitative estimate of drug-likeness (QED) is 0.510. The largest absolute Gasteiger partial charge is 0.493 e. The maximum Gasteiger partial charge on any atom is 0.127 e. The minimum atomic E-state index is 0.0913. The molecule has 0 N–H and O–H groups in total. The molecule has 2 aliphatic heterocycles. The molecule has 0 saturated carbocycles. The number of rotatable bonds is 2. The summed E-state index contributed by atoms with van der Waals surface area (Å²) in [6.07, 6.45) is 2.15. The molecule has 3 aromatic rings. The van der Waals surface area contributed by atoms with Crippen molar-refractivity contribution in [1.82, 2.24) is 0 Å². The zero-order chi connectivity index (χ0) is 19.3. The van der Waals surface area contributed by atoms with Crippen molar-refractivity contribution in [2.75, 3.05) is 6.61 Å². The zero-order valence-electron chi connectivity index (χ0n) is 16.8.